The summed E-state index contributed by atoms with van der Waals surface area (Å²) in [6, 6.07) is 19.2. The molecule has 4 aromatic rings. The summed E-state index contributed by atoms with van der Waals surface area (Å²) < 4.78 is 2.61. The van der Waals surface area contributed by atoms with Crippen molar-refractivity contribution in [3.8, 4) is 11.3 Å². The molecule has 2 aromatic heterocycles. The van der Waals surface area contributed by atoms with Crippen LogP contribution >= 0.6 is 22.9 Å². The first-order chi connectivity index (χ1) is 14.4. The molecule has 0 aliphatic rings. The van der Waals surface area contributed by atoms with Crippen LogP contribution in [0.15, 0.2) is 60.7 Å². The molecule has 0 saturated carbocycles. The molecule has 0 aliphatic carbocycles. The van der Waals surface area contributed by atoms with Gasteiger partial charge in [0.25, 0.3) is 5.91 Å². The number of nitrogens with zero attached hydrogens (tertiary/aromatic N) is 1. The second-order valence-electron chi connectivity index (χ2n) is 6.99. The number of hydrogen-bond acceptors (Lipinski definition) is 3. The van der Waals surface area contributed by atoms with Crippen LogP contribution in [0.1, 0.15) is 27.3 Å². The van der Waals surface area contributed by atoms with Gasteiger partial charge in [0, 0.05) is 27.8 Å². The first-order valence-electron chi connectivity index (χ1n) is 9.42. The lowest BCUT2D eigenvalue weighted by molar-refractivity contribution is -0.136. The molecule has 2 N–H and O–H groups in total. The van der Waals surface area contributed by atoms with Gasteiger partial charge in [-0.3, -0.25) is 19.7 Å². The van der Waals surface area contributed by atoms with E-state index in [0.717, 1.165) is 26.9 Å². The van der Waals surface area contributed by atoms with Gasteiger partial charge in [0.1, 0.15) is 4.88 Å². The predicted octanol–water partition coefficient (Wildman–Crippen LogP) is 5.73. The average molecular weight is 439 g/mol. The number of thiophene rings is 1. The Bertz CT molecular complexity index is 1240. The highest BCUT2D eigenvalue weighted by Gasteiger charge is 2.20. The summed E-state index contributed by atoms with van der Waals surface area (Å²) in [7, 11) is 0. The molecule has 152 valence electrons. The smallest absolute Gasteiger partial charge is 0.303 e. The average Bonchev–Trinajstić information content (AvgIpc) is 3.27. The third-order valence-corrected chi connectivity index (χ3v) is 6.49. The van der Waals surface area contributed by atoms with E-state index in [1.54, 1.807) is 4.68 Å². The SMILES string of the molecule is Cc1ccc2c(Cl)c(C(=O)Nn3c(CCC(=O)O)ccc3-c3ccccc3)sc2c1. The largest absolute Gasteiger partial charge is 0.481 e. The van der Waals surface area contributed by atoms with Crippen molar-refractivity contribution in [2.75, 3.05) is 5.43 Å². The molecule has 30 heavy (non-hydrogen) atoms. The Balaban J connectivity index is 1.72. The summed E-state index contributed by atoms with van der Waals surface area (Å²) in [4.78, 5) is 24.6. The third kappa shape index (κ3) is 3.97. The van der Waals surface area contributed by atoms with E-state index in [1.165, 1.54) is 11.3 Å². The van der Waals surface area contributed by atoms with E-state index in [2.05, 4.69) is 5.43 Å². The Kier molecular flexibility index (Phi) is 5.61. The number of rotatable bonds is 6. The van der Waals surface area contributed by atoms with Gasteiger partial charge in [-0.25, -0.2) is 0 Å². The Hall–Kier alpha value is -3.09. The maximum Gasteiger partial charge on any atom is 0.303 e. The van der Waals surface area contributed by atoms with Crippen LogP contribution in [0.3, 0.4) is 0 Å². The molecule has 7 heteroatoms. The van der Waals surface area contributed by atoms with E-state index < -0.39 is 5.97 Å². The lowest BCUT2D eigenvalue weighted by Gasteiger charge is -2.14. The maximum absolute atomic E-state index is 13.1. The van der Waals surface area contributed by atoms with Crippen LogP contribution < -0.4 is 5.43 Å². The van der Waals surface area contributed by atoms with Crippen molar-refractivity contribution in [2.45, 2.75) is 19.8 Å². The molecule has 0 saturated heterocycles. The van der Waals surface area contributed by atoms with Gasteiger partial charge >= 0.3 is 5.97 Å². The number of benzene rings is 2. The van der Waals surface area contributed by atoms with Crippen LogP contribution in [-0.2, 0) is 11.2 Å². The number of carboxylic acid groups (broad SMARTS) is 1. The number of aromatic nitrogens is 1. The number of carboxylic acids is 1. The quantitative estimate of drug-likeness (QED) is 0.403. The molecular weight excluding hydrogens is 420 g/mol. The lowest BCUT2D eigenvalue weighted by Crippen LogP contribution is -2.25. The minimum atomic E-state index is -0.891. The minimum absolute atomic E-state index is 0.0307. The molecule has 0 atom stereocenters. The van der Waals surface area contributed by atoms with E-state index in [4.69, 9.17) is 16.7 Å². The molecule has 1 amide bonds. The molecule has 0 fully saturated rings. The summed E-state index contributed by atoms with van der Waals surface area (Å²) in [5.74, 6) is -1.22. The minimum Gasteiger partial charge on any atom is -0.481 e. The Labute approximate surface area is 182 Å². The number of aliphatic carboxylic acids is 1. The van der Waals surface area contributed by atoms with Crippen molar-refractivity contribution in [1.82, 2.24) is 4.68 Å². The zero-order valence-corrected chi connectivity index (χ0v) is 17.8. The fourth-order valence-corrected chi connectivity index (χ4v) is 4.85. The van der Waals surface area contributed by atoms with Gasteiger partial charge in [-0.2, -0.15) is 0 Å². The lowest BCUT2D eigenvalue weighted by atomic mass is 10.2. The number of aryl methyl sites for hydroxylation is 2. The Morgan fingerprint density at radius 2 is 1.87 bits per heavy atom. The van der Waals surface area contributed by atoms with Crippen LogP contribution in [0.2, 0.25) is 5.02 Å². The van der Waals surface area contributed by atoms with E-state index in [1.807, 2.05) is 67.6 Å². The maximum atomic E-state index is 13.1. The highest BCUT2D eigenvalue weighted by Crippen LogP contribution is 2.36. The topological polar surface area (TPSA) is 71.3 Å². The molecular formula is C23H19ClN2O3S. The number of hydrogen-bond donors (Lipinski definition) is 2. The third-order valence-electron chi connectivity index (χ3n) is 4.83. The molecule has 0 unspecified atom stereocenters. The molecule has 0 bridgehead atoms. The van der Waals surface area contributed by atoms with Crippen molar-refractivity contribution in [3.63, 3.8) is 0 Å². The number of halogens is 1. The molecule has 0 radical (unpaired) electrons. The summed E-state index contributed by atoms with van der Waals surface area (Å²) in [6.07, 6.45) is 0.263. The van der Waals surface area contributed by atoms with Crippen LogP contribution in [-0.4, -0.2) is 21.7 Å². The molecule has 5 nitrogen and oxygen atoms in total. The van der Waals surface area contributed by atoms with Crippen molar-refractivity contribution in [2.24, 2.45) is 0 Å². The van der Waals surface area contributed by atoms with E-state index in [0.29, 0.717) is 22.0 Å². The summed E-state index contributed by atoms with van der Waals surface area (Å²) in [6.45, 7) is 1.99. The summed E-state index contributed by atoms with van der Waals surface area (Å²) in [5.41, 5.74) is 6.42. The highest BCUT2D eigenvalue weighted by molar-refractivity contribution is 7.21. The first kappa shape index (κ1) is 20.2. The standard InChI is InChI=1S/C23H19ClN2O3S/c1-14-7-10-17-19(13-14)30-22(21(17)24)23(29)25-26-16(9-12-20(27)28)8-11-18(26)15-5-3-2-4-6-15/h2-8,10-11,13H,9,12H2,1H3,(H,25,29)(H,27,28). The number of carbonyl (C=O) groups is 2. The number of fused-ring (bicyclic) bond motifs is 1. The van der Waals surface area contributed by atoms with Gasteiger partial charge in [0.05, 0.1) is 17.1 Å². The Morgan fingerprint density at radius 1 is 1.10 bits per heavy atom. The zero-order valence-electron chi connectivity index (χ0n) is 16.2. The van der Waals surface area contributed by atoms with E-state index in [-0.39, 0.29) is 12.3 Å². The molecule has 4 rings (SSSR count). The van der Waals surface area contributed by atoms with Crippen LogP contribution in [0, 0.1) is 6.92 Å². The predicted molar refractivity (Wildman–Crippen MR) is 121 cm³/mol. The molecule has 0 aliphatic heterocycles. The van der Waals surface area contributed by atoms with Gasteiger partial charge in [0.2, 0.25) is 0 Å². The van der Waals surface area contributed by atoms with Gasteiger partial charge in [-0.05, 0) is 30.7 Å². The normalized spacial score (nSPS) is 11.0. The van der Waals surface area contributed by atoms with Gasteiger partial charge < -0.3 is 5.11 Å². The van der Waals surface area contributed by atoms with Crippen molar-refractivity contribution in [3.05, 3.63) is 81.8 Å². The van der Waals surface area contributed by atoms with Gasteiger partial charge in [0.15, 0.2) is 0 Å². The number of carbonyl (C=O) groups excluding carboxylic acids is 1. The second kappa shape index (κ2) is 8.34. The molecule has 2 aromatic carbocycles. The molecule has 2 heterocycles. The summed E-state index contributed by atoms with van der Waals surface area (Å²) in [5, 5.41) is 10.3. The van der Waals surface area contributed by atoms with E-state index >= 15 is 0 Å². The number of nitrogens with one attached hydrogen (secondary N) is 1. The van der Waals surface area contributed by atoms with Gasteiger partial charge in [-0.1, -0.05) is 54.1 Å². The second-order valence-corrected chi connectivity index (χ2v) is 8.42. The van der Waals surface area contributed by atoms with Crippen LogP contribution in [0.5, 0.6) is 0 Å². The fraction of sp³-hybridized carbons (Fsp3) is 0.130. The first-order valence-corrected chi connectivity index (χ1v) is 10.6. The highest BCUT2D eigenvalue weighted by atomic mass is 35.5. The number of amides is 1. The van der Waals surface area contributed by atoms with Crippen LogP contribution in [0.25, 0.3) is 21.3 Å². The monoisotopic (exact) mass is 438 g/mol. The molecule has 0 spiro atoms. The van der Waals surface area contributed by atoms with Crippen LogP contribution in [0.4, 0.5) is 0 Å². The van der Waals surface area contributed by atoms with Crippen molar-refractivity contribution in [1.29, 1.82) is 0 Å². The van der Waals surface area contributed by atoms with Gasteiger partial charge in [-0.15, -0.1) is 11.3 Å². The summed E-state index contributed by atoms with van der Waals surface area (Å²) >= 11 is 7.85. The van der Waals surface area contributed by atoms with Crippen molar-refractivity contribution < 1.29 is 14.7 Å². The fourth-order valence-electron chi connectivity index (χ4n) is 3.35. The zero-order chi connectivity index (χ0) is 21.3. The van der Waals surface area contributed by atoms with E-state index in [9.17, 15) is 9.59 Å². The Morgan fingerprint density at radius 3 is 2.60 bits per heavy atom. The van der Waals surface area contributed by atoms with Crippen molar-refractivity contribution >= 4 is 44.9 Å².